The first-order chi connectivity index (χ1) is 28.2. The van der Waals surface area contributed by atoms with E-state index in [4.69, 9.17) is 14.5 Å². The normalized spacial score (nSPS) is 13.3. The third-order valence-electron chi connectivity index (χ3n) is 12.0. The van der Waals surface area contributed by atoms with Crippen molar-refractivity contribution in [1.82, 2.24) is 4.98 Å². The number of benzene rings is 8. The lowest BCUT2D eigenvalue weighted by molar-refractivity contribution is 0.360. The van der Waals surface area contributed by atoms with Crippen molar-refractivity contribution in [2.24, 2.45) is 0 Å². The maximum Gasteiger partial charge on any atom is 0.178 e. The molecule has 9 aromatic rings. The number of hydrogen-bond donors (Lipinski definition) is 0. The van der Waals surface area contributed by atoms with Gasteiger partial charge in [-0.2, -0.15) is 0 Å². The number of aromatic nitrogens is 1. The first-order valence-corrected chi connectivity index (χ1v) is 19.4. The van der Waals surface area contributed by atoms with Gasteiger partial charge in [-0.25, -0.2) is 4.98 Å². The molecule has 0 amide bonds. The van der Waals surface area contributed by atoms with E-state index in [0.29, 0.717) is 0 Å². The molecule has 0 unspecified atom stereocenters. The van der Waals surface area contributed by atoms with Crippen LogP contribution in [0.5, 0.6) is 23.0 Å². The van der Waals surface area contributed by atoms with Crippen molar-refractivity contribution < 1.29 is 9.47 Å². The highest BCUT2D eigenvalue weighted by atomic mass is 16.6. The molecule has 1 aliphatic heterocycles. The fourth-order valence-corrected chi connectivity index (χ4v) is 9.45. The zero-order valence-corrected chi connectivity index (χ0v) is 30.8. The third kappa shape index (κ3) is 4.69. The summed E-state index contributed by atoms with van der Waals surface area (Å²) in [5, 5.41) is 0. The van der Waals surface area contributed by atoms with Gasteiger partial charge in [0.25, 0.3) is 0 Å². The number of fused-ring (bicyclic) bond motifs is 13. The van der Waals surface area contributed by atoms with E-state index in [1.54, 1.807) is 0 Å². The summed E-state index contributed by atoms with van der Waals surface area (Å²) in [7, 11) is 0. The Morgan fingerprint density at radius 2 is 0.842 bits per heavy atom. The van der Waals surface area contributed by atoms with Crippen molar-refractivity contribution >= 4 is 0 Å². The maximum atomic E-state index is 6.77. The molecular weight excluding hydrogens is 695 g/mol. The lowest BCUT2D eigenvalue weighted by Crippen LogP contribution is -2.26. The number of pyridine rings is 1. The van der Waals surface area contributed by atoms with Gasteiger partial charge in [0.05, 0.1) is 16.8 Å². The average molecular weight is 728 g/mol. The van der Waals surface area contributed by atoms with Crippen LogP contribution in [0.1, 0.15) is 22.3 Å². The molecule has 3 aliphatic rings. The monoisotopic (exact) mass is 727 g/mol. The molecule has 3 nitrogen and oxygen atoms in total. The quantitative estimate of drug-likeness (QED) is 0.181. The van der Waals surface area contributed by atoms with Gasteiger partial charge < -0.3 is 9.47 Å². The van der Waals surface area contributed by atoms with Crippen molar-refractivity contribution in [3.05, 3.63) is 222 Å². The van der Waals surface area contributed by atoms with E-state index in [1.165, 1.54) is 38.9 Å². The highest BCUT2D eigenvalue weighted by molar-refractivity contribution is 5.98. The van der Waals surface area contributed by atoms with Crippen LogP contribution < -0.4 is 9.47 Å². The highest BCUT2D eigenvalue weighted by Crippen LogP contribution is 2.66. The van der Waals surface area contributed by atoms with Crippen LogP contribution in [-0.2, 0) is 5.41 Å². The summed E-state index contributed by atoms with van der Waals surface area (Å²) in [5.41, 5.74) is 18.0. The van der Waals surface area contributed by atoms with Gasteiger partial charge in [0, 0.05) is 16.7 Å². The number of para-hydroxylation sites is 2. The van der Waals surface area contributed by atoms with E-state index in [1.807, 2.05) is 30.3 Å². The second-order valence-electron chi connectivity index (χ2n) is 15.0. The molecular formula is C54H33NO2. The van der Waals surface area contributed by atoms with Crippen LogP contribution in [-0.4, -0.2) is 4.98 Å². The molecule has 2 heterocycles. The topological polar surface area (TPSA) is 31.4 Å². The second kappa shape index (κ2) is 12.3. The van der Waals surface area contributed by atoms with Crippen LogP contribution in [0.4, 0.5) is 0 Å². The molecule has 1 spiro atoms. The molecule has 0 N–H and O–H groups in total. The number of ether oxygens (including phenoxy) is 2. The minimum absolute atomic E-state index is 0.529. The first-order valence-electron chi connectivity index (χ1n) is 19.4. The van der Waals surface area contributed by atoms with Gasteiger partial charge in [0.1, 0.15) is 0 Å². The molecule has 3 heteroatoms. The predicted molar refractivity (Wildman–Crippen MR) is 229 cm³/mol. The molecule has 12 rings (SSSR count). The summed E-state index contributed by atoms with van der Waals surface area (Å²) < 4.78 is 13.3. The fraction of sp³-hybridized carbons (Fsp3) is 0.0185. The summed E-state index contributed by atoms with van der Waals surface area (Å²) >= 11 is 0. The Hall–Kier alpha value is -7.49. The Morgan fingerprint density at radius 1 is 0.316 bits per heavy atom. The van der Waals surface area contributed by atoms with Crippen LogP contribution in [0, 0.1) is 0 Å². The zero-order valence-electron chi connectivity index (χ0n) is 30.8. The average Bonchev–Trinajstić information content (AvgIpc) is 3.76. The van der Waals surface area contributed by atoms with E-state index in [9.17, 15) is 0 Å². The maximum absolute atomic E-state index is 6.77. The molecule has 266 valence electrons. The van der Waals surface area contributed by atoms with Crippen LogP contribution >= 0.6 is 0 Å². The molecule has 1 aromatic heterocycles. The summed E-state index contributed by atoms with van der Waals surface area (Å²) in [6, 6.07) is 71.2. The number of hydrogen-bond acceptors (Lipinski definition) is 3. The van der Waals surface area contributed by atoms with Crippen molar-refractivity contribution in [2.45, 2.75) is 5.41 Å². The molecule has 2 aliphatic carbocycles. The van der Waals surface area contributed by atoms with Crippen LogP contribution in [0.3, 0.4) is 0 Å². The first kappa shape index (κ1) is 31.8. The van der Waals surface area contributed by atoms with Gasteiger partial charge in [-0.1, -0.05) is 164 Å². The van der Waals surface area contributed by atoms with Crippen LogP contribution in [0.25, 0.3) is 67.0 Å². The van der Waals surface area contributed by atoms with Gasteiger partial charge in [-0.05, 0) is 97.6 Å². The minimum Gasteiger partial charge on any atom is -0.449 e. The summed E-state index contributed by atoms with van der Waals surface area (Å²) in [5.74, 6) is 2.95. The lowest BCUT2D eigenvalue weighted by atomic mass is 9.70. The third-order valence-corrected chi connectivity index (χ3v) is 12.0. The molecule has 0 saturated heterocycles. The van der Waals surface area contributed by atoms with E-state index in [-0.39, 0.29) is 0 Å². The Bertz CT molecular complexity index is 2960. The van der Waals surface area contributed by atoms with Crippen LogP contribution in [0.2, 0.25) is 0 Å². The molecule has 0 bridgehead atoms. The number of nitrogens with zero attached hydrogens (tertiary/aromatic N) is 1. The van der Waals surface area contributed by atoms with Crippen molar-refractivity contribution in [3.63, 3.8) is 0 Å². The lowest BCUT2D eigenvalue weighted by Gasteiger charge is -2.31. The predicted octanol–water partition coefficient (Wildman–Crippen LogP) is 14.0. The standard InChI is InChI=1S/C54H33NO2/c1-3-13-34(14-4-1)39-32-47(36-15-5-2-6-16-36)55-48(33-39)37-25-23-35(24-26-37)38-27-28-42-46(31-38)54(43-19-9-7-17-40(43)41-18-8-10-20-44(41)54)45-29-30-51-53(52(42)45)57-50-22-12-11-21-49(50)56-51/h1-33H. The fourth-order valence-electron chi connectivity index (χ4n) is 9.45. The molecule has 0 saturated carbocycles. The largest absolute Gasteiger partial charge is 0.449 e. The van der Waals surface area contributed by atoms with Gasteiger partial charge >= 0.3 is 0 Å². The molecule has 8 aromatic carbocycles. The van der Waals surface area contributed by atoms with Gasteiger partial charge in [0.2, 0.25) is 0 Å². The Labute approximate surface area is 331 Å². The number of rotatable bonds is 4. The summed E-state index contributed by atoms with van der Waals surface area (Å²) in [4.78, 5) is 5.19. The van der Waals surface area contributed by atoms with Gasteiger partial charge in [0.15, 0.2) is 23.0 Å². The van der Waals surface area contributed by atoms with E-state index in [2.05, 4.69) is 170 Å². The smallest absolute Gasteiger partial charge is 0.178 e. The second-order valence-corrected chi connectivity index (χ2v) is 15.0. The summed E-state index contributed by atoms with van der Waals surface area (Å²) in [6.45, 7) is 0. The van der Waals surface area contributed by atoms with E-state index >= 15 is 0 Å². The van der Waals surface area contributed by atoms with Crippen molar-refractivity contribution in [2.75, 3.05) is 0 Å². The van der Waals surface area contributed by atoms with E-state index < -0.39 is 5.41 Å². The SMILES string of the molecule is c1ccc(-c2cc(-c3ccccc3)nc(-c3ccc(-c4ccc5c(c4)C4(c6ccccc6-c6ccccc64)c4ccc6c(c4-5)Oc4ccccc4O6)cc3)c2)cc1. The Morgan fingerprint density at radius 3 is 1.53 bits per heavy atom. The highest BCUT2D eigenvalue weighted by Gasteiger charge is 2.53. The van der Waals surface area contributed by atoms with Crippen LogP contribution in [0.15, 0.2) is 200 Å². The molecule has 57 heavy (non-hydrogen) atoms. The molecule has 0 atom stereocenters. The van der Waals surface area contributed by atoms with Gasteiger partial charge in [-0.15, -0.1) is 0 Å². The minimum atomic E-state index is -0.529. The summed E-state index contributed by atoms with van der Waals surface area (Å²) in [6.07, 6.45) is 0. The molecule has 0 radical (unpaired) electrons. The van der Waals surface area contributed by atoms with Crippen molar-refractivity contribution in [3.8, 4) is 90.0 Å². The molecule has 0 fully saturated rings. The Kier molecular flexibility index (Phi) is 6.84. The Balaban J connectivity index is 1.02. The van der Waals surface area contributed by atoms with Gasteiger partial charge in [-0.3, -0.25) is 0 Å². The zero-order chi connectivity index (χ0) is 37.5. The van der Waals surface area contributed by atoms with E-state index in [0.717, 1.165) is 73.3 Å². The van der Waals surface area contributed by atoms with Crippen molar-refractivity contribution in [1.29, 1.82) is 0 Å².